The first-order chi connectivity index (χ1) is 18.8. The molecule has 1 fully saturated rings. The molecule has 0 aliphatic carbocycles. The Bertz CT molecular complexity index is 1120. The van der Waals surface area contributed by atoms with Crippen molar-refractivity contribution in [2.45, 2.75) is 91.5 Å². The minimum absolute atomic E-state index is 0.0187. The molecule has 0 spiro atoms. The first kappa shape index (κ1) is 33.2. The van der Waals surface area contributed by atoms with Crippen LogP contribution in [0.15, 0.2) is 17.1 Å². The van der Waals surface area contributed by atoms with Crippen molar-refractivity contribution in [3.8, 4) is 6.07 Å². The number of rotatable bonds is 14. The Morgan fingerprint density at radius 2 is 1.77 bits per heavy atom. The highest BCUT2D eigenvalue weighted by molar-refractivity contribution is 7.44. The third kappa shape index (κ3) is 9.58. The van der Waals surface area contributed by atoms with Crippen molar-refractivity contribution in [1.82, 2.24) is 14.2 Å². The molecule has 0 radical (unpaired) electrons. The minimum Gasteiger partial charge on any atom is -0.456 e. The molecule has 1 aliphatic rings. The van der Waals surface area contributed by atoms with Crippen molar-refractivity contribution in [3.63, 3.8) is 0 Å². The largest absolute Gasteiger partial charge is 0.456 e. The molecule has 1 saturated heterocycles. The van der Waals surface area contributed by atoms with Crippen molar-refractivity contribution in [2.75, 3.05) is 18.5 Å². The monoisotopic (exact) mass is 585 g/mol. The van der Waals surface area contributed by atoms with Crippen LogP contribution in [0.1, 0.15) is 61.1 Å². The van der Waals surface area contributed by atoms with Gasteiger partial charge in [-0.3, -0.25) is 19.0 Å². The number of amides is 1. The Labute approximate surface area is 233 Å². The second-order valence-corrected chi connectivity index (χ2v) is 10.6. The SMILES string of the molecule is CC(=O)Nc1ccn([C@@H]2O[C@H](COOP(OCCC#N)N(C(C)C)C(C)C)[C@@H](OC(C)=O)[C@H]2OC(C)=O)c(=O)n1. The summed E-state index contributed by atoms with van der Waals surface area (Å²) in [4.78, 5) is 57.3. The number of hydrogen-bond acceptors (Lipinski definition) is 13. The normalized spacial score (nSPS) is 21.3. The Morgan fingerprint density at radius 3 is 2.30 bits per heavy atom. The number of aromatic nitrogens is 2. The van der Waals surface area contributed by atoms with Crippen LogP contribution in [0.25, 0.3) is 0 Å². The van der Waals surface area contributed by atoms with Gasteiger partial charge in [-0.15, -0.1) is 0 Å². The molecule has 1 aromatic rings. The van der Waals surface area contributed by atoms with E-state index in [1.165, 1.54) is 26.1 Å². The van der Waals surface area contributed by atoms with Crippen LogP contribution in [0, 0.1) is 11.3 Å². The predicted molar refractivity (Wildman–Crippen MR) is 140 cm³/mol. The average Bonchev–Trinajstić information content (AvgIpc) is 3.13. The van der Waals surface area contributed by atoms with Gasteiger partial charge in [0.05, 0.1) is 19.1 Å². The number of hydrogen-bond donors (Lipinski definition) is 1. The Hall–Kier alpha value is -2.99. The summed E-state index contributed by atoms with van der Waals surface area (Å²) in [6, 6.07) is 3.41. The summed E-state index contributed by atoms with van der Waals surface area (Å²) in [6.45, 7) is 11.3. The maximum atomic E-state index is 12.8. The lowest BCUT2D eigenvalue weighted by molar-refractivity contribution is -0.240. The number of esters is 2. The number of nitriles is 1. The molecule has 0 aromatic carbocycles. The molecular formula is C24H36N5O10P. The van der Waals surface area contributed by atoms with Crippen LogP contribution in [0.3, 0.4) is 0 Å². The van der Waals surface area contributed by atoms with Gasteiger partial charge in [-0.1, -0.05) is 0 Å². The number of nitrogens with zero attached hydrogens (tertiary/aromatic N) is 4. The van der Waals surface area contributed by atoms with Gasteiger partial charge >= 0.3 is 17.6 Å². The molecule has 16 heteroatoms. The van der Waals surface area contributed by atoms with E-state index in [4.69, 9.17) is 33.6 Å². The lowest BCUT2D eigenvalue weighted by Crippen LogP contribution is -2.41. The molecule has 1 aromatic heterocycles. The first-order valence-electron chi connectivity index (χ1n) is 12.6. The van der Waals surface area contributed by atoms with Crippen LogP contribution in [-0.4, -0.2) is 75.7 Å². The maximum absolute atomic E-state index is 12.8. The van der Waals surface area contributed by atoms with Gasteiger partial charge in [0.1, 0.15) is 18.5 Å². The van der Waals surface area contributed by atoms with E-state index in [0.717, 1.165) is 11.5 Å². The maximum Gasteiger partial charge on any atom is 0.351 e. The summed E-state index contributed by atoms with van der Waals surface area (Å²) >= 11 is 0. The summed E-state index contributed by atoms with van der Waals surface area (Å²) < 4.78 is 31.2. The number of carbonyl (C=O) groups excluding carboxylic acids is 3. The van der Waals surface area contributed by atoms with E-state index in [1.807, 2.05) is 38.4 Å². The molecule has 2 heterocycles. The summed E-state index contributed by atoms with van der Waals surface area (Å²) in [5.74, 6) is -1.79. The van der Waals surface area contributed by atoms with Crippen molar-refractivity contribution >= 4 is 32.2 Å². The van der Waals surface area contributed by atoms with E-state index in [2.05, 4.69) is 10.3 Å². The third-order valence-electron chi connectivity index (χ3n) is 5.31. The molecule has 5 atom stereocenters. The lowest BCUT2D eigenvalue weighted by atomic mass is 10.1. The van der Waals surface area contributed by atoms with E-state index in [9.17, 15) is 19.2 Å². The van der Waals surface area contributed by atoms with E-state index in [-0.39, 0.29) is 37.5 Å². The van der Waals surface area contributed by atoms with E-state index in [0.29, 0.717) is 0 Å². The van der Waals surface area contributed by atoms with Gasteiger partial charge in [-0.25, -0.2) is 14.4 Å². The molecule has 1 amide bonds. The van der Waals surface area contributed by atoms with Gasteiger partial charge in [0.2, 0.25) is 5.91 Å². The van der Waals surface area contributed by atoms with Gasteiger partial charge in [0.25, 0.3) is 8.53 Å². The van der Waals surface area contributed by atoms with Crippen molar-refractivity contribution in [3.05, 3.63) is 22.7 Å². The van der Waals surface area contributed by atoms with Crippen LogP contribution in [0.2, 0.25) is 0 Å². The molecular weight excluding hydrogens is 549 g/mol. The summed E-state index contributed by atoms with van der Waals surface area (Å²) in [5.41, 5.74) is -0.813. The second-order valence-electron chi connectivity index (χ2n) is 9.30. The smallest absolute Gasteiger partial charge is 0.351 e. The third-order valence-corrected chi connectivity index (χ3v) is 7.25. The van der Waals surface area contributed by atoms with Crippen LogP contribution >= 0.6 is 8.53 Å². The Morgan fingerprint density at radius 1 is 1.15 bits per heavy atom. The van der Waals surface area contributed by atoms with E-state index < -0.39 is 56.6 Å². The van der Waals surface area contributed by atoms with Crippen LogP contribution in [-0.2, 0) is 42.7 Å². The highest BCUT2D eigenvalue weighted by Gasteiger charge is 2.51. The van der Waals surface area contributed by atoms with Gasteiger partial charge in [0.15, 0.2) is 18.4 Å². The standard InChI is InChI=1S/C24H36N5O10P/c1-14(2)29(15(3)4)40(35-12-8-10-25)39-34-13-19-21(36-17(6)31)22(37-18(7)32)23(38-19)28-11-9-20(26-16(5)30)27-24(28)33/h9,11,14-15,19,21-23H,8,12-13H2,1-7H3,(H,26,27,30,33)/t19-,21-,22-,23-,40?/m1/s1. The zero-order chi connectivity index (χ0) is 30.0. The molecule has 0 bridgehead atoms. The van der Waals surface area contributed by atoms with E-state index >= 15 is 0 Å². The number of carbonyl (C=O) groups is 3. The Balaban J connectivity index is 2.31. The van der Waals surface area contributed by atoms with Gasteiger partial charge in [0, 0.05) is 39.1 Å². The molecule has 40 heavy (non-hydrogen) atoms. The van der Waals surface area contributed by atoms with E-state index in [1.54, 1.807) is 0 Å². The minimum atomic E-state index is -1.75. The predicted octanol–water partition coefficient (Wildman–Crippen LogP) is 2.19. The van der Waals surface area contributed by atoms with Crippen molar-refractivity contribution in [2.24, 2.45) is 0 Å². The average molecular weight is 586 g/mol. The molecule has 2 rings (SSSR count). The van der Waals surface area contributed by atoms with Crippen LogP contribution < -0.4 is 11.0 Å². The highest BCUT2D eigenvalue weighted by Crippen LogP contribution is 2.46. The lowest BCUT2D eigenvalue weighted by Gasteiger charge is -2.34. The van der Waals surface area contributed by atoms with Crippen molar-refractivity contribution in [1.29, 1.82) is 5.26 Å². The molecule has 15 nitrogen and oxygen atoms in total. The topological polar surface area (TPSA) is 181 Å². The zero-order valence-electron chi connectivity index (χ0n) is 23.6. The quantitative estimate of drug-likeness (QED) is 0.110. The summed E-state index contributed by atoms with van der Waals surface area (Å²) in [7, 11) is -1.75. The zero-order valence-corrected chi connectivity index (χ0v) is 24.5. The fraction of sp³-hybridized carbons (Fsp3) is 0.667. The van der Waals surface area contributed by atoms with Crippen LogP contribution in [0.5, 0.6) is 0 Å². The molecule has 222 valence electrons. The van der Waals surface area contributed by atoms with Crippen LogP contribution in [0.4, 0.5) is 5.82 Å². The fourth-order valence-electron chi connectivity index (χ4n) is 3.99. The molecule has 1 aliphatic heterocycles. The van der Waals surface area contributed by atoms with Gasteiger partial charge in [-0.2, -0.15) is 14.9 Å². The second kappa shape index (κ2) is 15.7. The number of nitrogens with one attached hydrogen (secondary N) is 1. The number of anilines is 1. The summed E-state index contributed by atoms with van der Waals surface area (Å²) in [6.07, 6.45) is -3.24. The molecule has 0 saturated carbocycles. The Kier molecular flexibility index (Phi) is 13.0. The van der Waals surface area contributed by atoms with Gasteiger partial charge < -0.3 is 24.1 Å². The molecule has 1 N–H and O–H groups in total. The van der Waals surface area contributed by atoms with Crippen molar-refractivity contribution < 1.29 is 42.7 Å². The number of ether oxygens (including phenoxy) is 3. The molecule has 1 unspecified atom stereocenters. The first-order valence-corrected chi connectivity index (χ1v) is 13.7. The summed E-state index contributed by atoms with van der Waals surface area (Å²) in [5, 5.41) is 11.3. The highest BCUT2D eigenvalue weighted by atomic mass is 31.2. The fourth-order valence-corrected chi connectivity index (χ4v) is 5.39. The van der Waals surface area contributed by atoms with Gasteiger partial charge in [-0.05, 0) is 33.8 Å².